The van der Waals surface area contributed by atoms with E-state index in [4.69, 9.17) is 0 Å². The van der Waals surface area contributed by atoms with Gasteiger partial charge < -0.3 is 6.92 Å². The highest BCUT2D eigenvalue weighted by Gasteiger charge is 1.52. The molecule has 1 heteroatoms. The van der Waals surface area contributed by atoms with Crippen molar-refractivity contribution in [2.75, 3.05) is 0 Å². The monoisotopic (exact) mass is 76.0 g/mol. The second-order valence-corrected chi connectivity index (χ2v) is 1.15. The van der Waals surface area contributed by atoms with Gasteiger partial charge in [-0.25, -0.2) is 0 Å². The summed E-state index contributed by atoms with van der Waals surface area (Å²) < 4.78 is 0. The summed E-state index contributed by atoms with van der Waals surface area (Å²) in [5.41, 5.74) is 0. The van der Waals surface area contributed by atoms with Crippen LogP contribution in [0.3, 0.4) is 0 Å². The Kier molecular flexibility index (Phi) is 1.05. The van der Waals surface area contributed by atoms with Crippen LogP contribution in [-0.4, -0.2) is 12.9 Å². The van der Waals surface area contributed by atoms with E-state index >= 15 is 0 Å². The Balaban J connectivity index is 2.77. The molecular weight excluding hydrogens is 70.9 g/mol. The first-order valence-electron chi connectivity index (χ1n) is 2.00. The molecule has 0 N–H and O–H groups in total. The first-order valence-corrected chi connectivity index (χ1v) is 2.00. The van der Waals surface area contributed by atoms with E-state index in [2.05, 4.69) is 0 Å². The average molecular weight is 75.9 g/mol. The van der Waals surface area contributed by atoms with Gasteiger partial charge in [0.25, 0.3) is 0 Å². The Morgan fingerprint density at radius 3 is 2.17 bits per heavy atom. The van der Waals surface area contributed by atoms with E-state index in [0.717, 1.165) is 0 Å². The highest BCUT2D eigenvalue weighted by molar-refractivity contribution is 6.54. The molecule has 0 spiro atoms. The van der Waals surface area contributed by atoms with E-state index in [1.54, 1.807) is 0 Å². The van der Waals surface area contributed by atoms with Gasteiger partial charge in [0.05, 0.1) is 0 Å². The summed E-state index contributed by atoms with van der Waals surface area (Å²) in [5, 5.41) is 0. The van der Waals surface area contributed by atoms with E-state index in [0.29, 0.717) is 0 Å². The molecule has 1 aliphatic heterocycles. The van der Waals surface area contributed by atoms with Gasteiger partial charge in [0.15, 0.2) is 0 Å². The zero-order valence-electron chi connectivity index (χ0n) is 3.46. The highest BCUT2D eigenvalue weighted by atomic mass is 13.6. The second-order valence-electron chi connectivity index (χ2n) is 1.15. The Morgan fingerprint density at radius 2 is 2.00 bits per heavy atom. The number of rotatable bonds is 0. The summed E-state index contributed by atoms with van der Waals surface area (Å²) in [4.78, 5) is 0. The van der Waals surface area contributed by atoms with Crippen molar-refractivity contribution in [3.8, 4) is 0 Å². The summed E-state index contributed by atoms with van der Waals surface area (Å²) >= 11 is 0. The van der Waals surface area contributed by atoms with Crippen LogP contribution in [0.25, 0.3) is 0 Å². The fourth-order valence-corrected chi connectivity index (χ4v) is 0.385. The van der Waals surface area contributed by atoms with Crippen LogP contribution in [-0.2, 0) is 0 Å². The molecule has 6 heavy (non-hydrogen) atoms. The third-order valence-corrected chi connectivity index (χ3v) is 0.667. The molecule has 0 bridgehead atoms. The van der Waals surface area contributed by atoms with Gasteiger partial charge in [-0.2, -0.15) is 0 Å². The molecular formula is C5H5B-. The number of hydrogen-bond donors (Lipinski definition) is 0. The second kappa shape index (κ2) is 1.76. The molecule has 0 saturated heterocycles. The Bertz CT molecular complexity index is 73.3. The summed E-state index contributed by atoms with van der Waals surface area (Å²) in [6.07, 6.45) is 6.00. The van der Waals surface area contributed by atoms with Crippen LogP contribution < -0.4 is 0 Å². The van der Waals surface area contributed by atoms with Gasteiger partial charge in [-0.05, 0) is 0 Å². The molecule has 29 valence electrons. The van der Waals surface area contributed by atoms with Crippen LogP contribution in [0, 0.1) is 0 Å². The van der Waals surface area contributed by atoms with E-state index in [1.807, 2.05) is 37.1 Å². The minimum absolute atomic E-state index is 2.00. The van der Waals surface area contributed by atoms with Crippen molar-refractivity contribution in [2.45, 2.75) is 0 Å². The normalized spacial score (nSPS) is 16.0. The van der Waals surface area contributed by atoms with Crippen LogP contribution >= 0.6 is 0 Å². The quantitative estimate of drug-likeness (QED) is 0.370. The lowest BCUT2D eigenvalue weighted by Crippen LogP contribution is -1.76. The first-order chi connectivity index (χ1) is 3.00. The third kappa shape index (κ3) is 0.679. The van der Waals surface area contributed by atoms with Gasteiger partial charge in [-0.15, -0.1) is 12.2 Å². The predicted octanol–water partition coefficient (Wildman–Crippen LogP) is 0.576. The summed E-state index contributed by atoms with van der Waals surface area (Å²) in [7, 11) is 0. The maximum Gasteiger partial charge on any atom is -0.0697 e. The maximum atomic E-state index is 2.00. The smallest absolute Gasteiger partial charge is 0.0697 e. The largest absolute Gasteiger partial charge is 0.309 e. The standard InChI is InChI=1S/C5H5B/c1-2-4-6-5-3-1/h1-5H/q-1. The van der Waals surface area contributed by atoms with Crippen molar-refractivity contribution < 1.29 is 0 Å². The molecule has 0 unspecified atom stereocenters. The molecule has 1 aliphatic rings. The first kappa shape index (κ1) is 3.60. The lowest BCUT2D eigenvalue weighted by Gasteiger charge is -1.92. The van der Waals surface area contributed by atoms with E-state index < -0.39 is 0 Å². The number of allylic oxidation sites excluding steroid dienone is 3. The fourth-order valence-electron chi connectivity index (χ4n) is 0.385. The Labute approximate surface area is 38.1 Å². The van der Waals surface area contributed by atoms with E-state index in [-0.39, 0.29) is 0 Å². The van der Waals surface area contributed by atoms with Crippen molar-refractivity contribution in [1.82, 2.24) is 0 Å². The Morgan fingerprint density at radius 1 is 1.00 bits per heavy atom. The van der Waals surface area contributed by atoms with Gasteiger partial charge in [-0.3, -0.25) is 11.9 Å². The lowest BCUT2D eigenvalue weighted by atomic mass is 9.90. The zero-order valence-corrected chi connectivity index (χ0v) is 3.46. The molecule has 0 aromatic rings. The minimum Gasteiger partial charge on any atom is -0.309 e. The highest BCUT2D eigenvalue weighted by Crippen LogP contribution is 1.74. The van der Waals surface area contributed by atoms with Gasteiger partial charge in [-0.1, -0.05) is 6.08 Å². The molecule has 0 fully saturated rings. The van der Waals surface area contributed by atoms with Crippen molar-refractivity contribution in [1.29, 1.82) is 0 Å². The van der Waals surface area contributed by atoms with Crippen molar-refractivity contribution >= 4 is 12.9 Å². The molecule has 1 rings (SSSR count). The molecule has 0 nitrogen and oxygen atoms in total. The maximum absolute atomic E-state index is 2.00. The average Bonchev–Trinajstić information content (AvgIpc) is 1.72. The predicted molar refractivity (Wildman–Crippen MR) is 30.1 cm³/mol. The molecule has 0 amide bonds. The van der Waals surface area contributed by atoms with Crippen LogP contribution in [0.2, 0.25) is 0 Å². The van der Waals surface area contributed by atoms with Crippen LogP contribution in [0.5, 0.6) is 0 Å². The van der Waals surface area contributed by atoms with Crippen LogP contribution in [0.1, 0.15) is 0 Å². The van der Waals surface area contributed by atoms with Crippen molar-refractivity contribution in [3.05, 3.63) is 24.2 Å². The van der Waals surface area contributed by atoms with Gasteiger partial charge in [0.2, 0.25) is 0 Å². The molecule has 0 aromatic carbocycles. The minimum atomic E-state index is 2.00. The van der Waals surface area contributed by atoms with Gasteiger partial charge in [0.1, 0.15) is 0 Å². The molecule has 1 radical (unpaired) electrons. The van der Waals surface area contributed by atoms with Gasteiger partial charge in [0, 0.05) is 0 Å². The lowest BCUT2D eigenvalue weighted by molar-refractivity contribution is 2.05. The van der Waals surface area contributed by atoms with Crippen molar-refractivity contribution in [2.24, 2.45) is 0 Å². The molecule has 0 saturated carbocycles. The topological polar surface area (TPSA) is 0 Å². The van der Waals surface area contributed by atoms with E-state index in [1.165, 1.54) is 0 Å². The summed E-state index contributed by atoms with van der Waals surface area (Å²) in [5.74, 6) is 4.00. The van der Waals surface area contributed by atoms with Gasteiger partial charge >= 0.3 is 0 Å². The molecule has 0 aliphatic carbocycles. The van der Waals surface area contributed by atoms with E-state index in [9.17, 15) is 0 Å². The van der Waals surface area contributed by atoms with Crippen LogP contribution in [0.4, 0.5) is 0 Å². The van der Waals surface area contributed by atoms with Crippen LogP contribution in [0.15, 0.2) is 24.2 Å². The SMILES string of the molecule is [B-]1=CC=CC=C1. The number of hydrogen-bond acceptors (Lipinski definition) is 0. The molecule has 1 heterocycles. The zero-order chi connectivity index (χ0) is 4.24. The Hall–Kier alpha value is -0.585. The third-order valence-electron chi connectivity index (χ3n) is 0.667. The fraction of sp³-hybridized carbons (Fsp3) is 0. The molecule has 0 atom stereocenters. The summed E-state index contributed by atoms with van der Waals surface area (Å²) in [6, 6.07) is 0. The summed E-state index contributed by atoms with van der Waals surface area (Å²) in [6.45, 7) is 2.00. The van der Waals surface area contributed by atoms with Crippen molar-refractivity contribution in [3.63, 3.8) is 0 Å². The molecule has 0 aromatic heterocycles.